The number of hydrogen-bond donors (Lipinski definition) is 1. The fourth-order valence-electron chi connectivity index (χ4n) is 0.747. The smallest absolute Gasteiger partial charge is 0.294 e. The zero-order chi connectivity index (χ0) is 9.40. The molecule has 0 amide bonds. The van der Waals surface area contributed by atoms with E-state index >= 15 is 0 Å². The van der Waals surface area contributed by atoms with Gasteiger partial charge in [0, 0.05) is 6.42 Å². The molecule has 0 saturated carbocycles. The van der Waals surface area contributed by atoms with Crippen molar-refractivity contribution >= 4 is 0 Å². The molecule has 0 aliphatic carbocycles. The molecule has 0 aliphatic heterocycles. The minimum absolute atomic E-state index is 0.130. The van der Waals surface area contributed by atoms with Gasteiger partial charge in [-0.25, -0.2) is 0 Å². The van der Waals surface area contributed by atoms with E-state index < -0.39 is 5.09 Å². The topological polar surface area (TPSA) is 72.6 Å². The highest BCUT2D eigenvalue weighted by Gasteiger charge is 1.95. The standard InChI is InChI=1S/C7H13NO4/c1-7(9)5-3-2-4-6-12-8(10)11/h9H,1-6H2. The number of nitrogens with zero attached hydrogens (tertiary/aromatic N) is 1. The first-order valence-corrected chi connectivity index (χ1v) is 3.77. The van der Waals surface area contributed by atoms with E-state index in [-0.39, 0.29) is 12.4 Å². The molecule has 0 atom stereocenters. The molecule has 0 bridgehead atoms. The van der Waals surface area contributed by atoms with Crippen molar-refractivity contribution in [2.24, 2.45) is 0 Å². The van der Waals surface area contributed by atoms with E-state index in [0.717, 1.165) is 12.8 Å². The van der Waals surface area contributed by atoms with Crippen molar-refractivity contribution in [3.05, 3.63) is 22.5 Å². The molecule has 0 saturated heterocycles. The Kier molecular flexibility index (Phi) is 5.77. The van der Waals surface area contributed by atoms with Gasteiger partial charge >= 0.3 is 0 Å². The number of rotatable bonds is 7. The van der Waals surface area contributed by atoms with E-state index in [2.05, 4.69) is 11.4 Å². The highest BCUT2D eigenvalue weighted by Crippen LogP contribution is 2.04. The van der Waals surface area contributed by atoms with Crippen LogP contribution in [0.5, 0.6) is 0 Å². The third-order valence-electron chi connectivity index (χ3n) is 1.31. The summed E-state index contributed by atoms with van der Waals surface area (Å²) >= 11 is 0. The Balaban J connectivity index is 3.01. The predicted molar refractivity (Wildman–Crippen MR) is 43.2 cm³/mol. The van der Waals surface area contributed by atoms with Crippen LogP contribution in [0.2, 0.25) is 0 Å². The van der Waals surface area contributed by atoms with Gasteiger partial charge in [0.1, 0.15) is 0 Å². The van der Waals surface area contributed by atoms with Gasteiger partial charge < -0.3 is 9.94 Å². The Hall–Kier alpha value is -1.26. The molecule has 0 aliphatic rings. The molecule has 0 spiro atoms. The molecule has 0 fully saturated rings. The van der Waals surface area contributed by atoms with Crippen LogP contribution in [0.25, 0.3) is 0 Å². The van der Waals surface area contributed by atoms with Gasteiger partial charge in [-0.15, -0.1) is 10.1 Å². The normalized spacial score (nSPS) is 9.33. The van der Waals surface area contributed by atoms with E-state index in [1.807, 2.05) is 0 Å². The van der Waals surface area contributed by atoms with Gasteiger partial charge in [0.05, 0.1) is 12.4 Å². The van der Waals surface area contributed by atoms with Gasteiger partial charge in [-0.1, -0.05) is 13.0 Å². The van der Waals surface area contributed by atoms with Crippen LogP contribution in [-0.4, -0.2) is 16.8 Å². The lowest BCUT2D eigenvalue weighted by molar-refractivity contribution is -0.757. The quantitative estimate of drug-likeness (QED) is 0.277. The molecule has 70 valence electrons. The Labute approximate surface area is 70.8 Å². The van der Waals surface area contributed by atoms with Gasteiger partial charge in [-0.05, 0) is 12.8 Å². The monoisotopic (exact) mass is 175 g/mol. The van der Waals surface area contributed by atoms with Crippen LogP contribution in [0, 0.1) is 10.1 Å². The SMILES string of the molecule is C=C(O)CCCCCO[N+](=O)[O-]. The summed E-state index contributed by atoms with van der Waals surface area (Å²) in [6, 6.07) is 0. The van der Waals surface area contributed by atoms with Gasteiger partial charge in [-0.3, -0.25) is 0 Å². The average Bonchev–Trinajstić information content (AvgIpc) is 1.95. The number of unbranched alkanes of at least 4 members (excludes halogenated alkanes) is 2. The summed E-state index contributed by atoms with van der Waals surface area (Å²) < 4.78 is 0. The molecule has 0 rings (SSSR count). The van der Waals surface area contributed by atoms with Gasteiger partial charge in [0.25, 0.3) is 5.09 Å². The zero-order valence-corrected chi connectivity index (χ0v) is 6.86. The second-order valence-corrected chi connectivity index (χ2v) is 2.43. The van der Waals surface area contributed by atoms with Crippen LogP contribution < -0.4 is 0 Å². The maximum Gasteiger partial charge on any atom is 0.294 e. The molecule has 0 aromatic rings. The molecule has 1 N–H and O–H groups in total. The molecule has 0 radical (unpaired) electrons. The molecule has 0 heterocycles. The highest BCUT2D eigenvalue weighted by atomic mass is 16.9. The average molecular weight is 175 g/mol. The van der Waals surface area contributed by atoms with Crippen LogP contribution >= 0.6 is 0 Å². The number of hydrogen-bond acceptors (Lipinski definition) is 4. The summed E-state index contributed by atoms with van der Waals surface area (Å²) in [4.78, 5) is 13.8. The summed E-state index contributed by atoms with van der Waals surface area (Å²) in [5.74, 6) is 0.158. The van der Waals surface area contributed by atoms with Gasteiger partial charge in [-0.2, -0.15) is 0 Å². The Morgan fingerprint density at radius 1 is 1.50 bits per heavy atom. The summed E-state index contributed by atoms with van der Waals surface area (Å²) in [5.41, 5.74) is 0. The van der Waals surface area contributed by atoms with E-state index in [4.69, 9.17) is 5.11 Å². The summed E-state index contributed by atoms with van der Waals surface area (Å²) in [5, 5.41) is 17.5. The van der Waals surface area contributed by atoms with Crippen molar-refractivity contribution in [2.75, 3.05) is 6.61 Å². The van der Waals surface area contributed by atoms with Crippen molar-refractivity contribution < 1.29 is 15.0 Å². The molecular formula is C7H13NO4. The lowest BCUT2D eigenvalue weighted by atomic mass is 10.2. The lowest BCUT2D eigenvalue weighted by Gasteiger charge is -1.99. The Bertz CT molecular complexity index is 139. The van der Waals surface area contributed by atoms with Crippen LogP contribution in [0.1, 0.15) is 25.7 Å². The van der Waals surface area contributed by atoms with E-state index in [0.29, 0.717) is 12.8 Å². The summed E-state index contributed by atoms with van der Waals surface area (Å²) in [6.45, 7) is 3.45. The van der Waals surface area contributed by atoms with Crippen molar-refractivity contribution in [1.29, 1.82) is 0 Å². The highest BCUT2D eigenvalue weighted by molar-refractivity contribution is 4.77. The molecule has 0 aromatic carbocycles. The van der Waals surface area contributed by atoms with Gasteiger partial charge in [0.15, 0.2) is 0 Å². The Morgan fingerprint density at radius 2 is 2.17 bits per heavy atom. The van der Waals surface area contributed by atoms with Crippen molar-refractivity contribution in [3.63, 3.8) is 0 Å². The van der Waals surface area contributed by atoms with E-state index in [1.165, 1.54) is 0 Å². The molecule has 5 heteroatoms. The molecular weight excluding hydrogens is 162 g/mol. The molecule has 5 nitrogen and oxygen atoms in total. The minimum Gasteiger partial charge on any atom is -0.513 e. The second kappa shape index (κ2) is 6.45. The maximum absolute atomic E-state index is 9.67. The second-order valence-electron chi connectivity index (χ2n) is 2.43. The molecule has 0 aromatic heterocycles. The van der Waals surface area contributed by atoms with Crippen LogP contribution in [0.3, 0.4) is 0 Å². The third kappa shape index (κ3) is 8.74. The van der Waals surface area contributed by atoms with Crippen LogP contribution in [-0.2, 0) is 4.84 Å². The molecule has 0 unspecified atom stereocenters. The third-order valence-corrected chi connectivity index (χ3v) is 1.31. The van der Waals surface area contributed by atoms with Crippen molar-refractivity contribution in [2.45, 2.75) is 25.7 Å². The van der Waals surface area contributed by atoms with Crippen LogP contribution in [0.15, 0.2) is 12.3 Å². The minimum atomic E-state index is -0.801. The first-order valence-electron chi connectivity index (χ1n) is 3.77. The Morgan fingerprint density at radius 3 is 2.67 bits per heavy atom. The van der Waals surface area contributed by atoms with Crippen molar-refractivity contribution in [1.82, 2.24) is 0 Å². The van der Waals surface area contributed by atoms with Gasteiger partial charge in [0.2, 0.25) is 0 Å². The zero-order valence-electron chi connectivity index (χ0n) is 6.86. The summed E-state index contributed by atoms with van der Waals surface area (Å²) in [6.07, 6.45) is 2.77. The predicted octanol–water partition coefficient (Wildman–Crippen LogP) is 1.83. The van der Waals surface area contributed by atoms with Crippen molar-refractivity contribution in [3.8, 4) is 0 Å². The first-order chi connectivity index (χ1) is 5.63. The number of allylic oxidation sites excluding steroid dienone is 1. The summed E-state index contributed by atoms with van der Waals surface area (Å²) in [7, 11) is 0. The van der Waals surface area contributed by atoms with E-state index in [1.54, 1.807) is 0 Å². The fraction of sp³-hybridized carbons (Fsp3) is 0.714. The van der Waals surface area contributed by atoms with E-state index in [9.17, 15) is 10.1 Å². The number of aliphatic hydroxyl groups excluding tert-OH is 1. The fourth-order valence-corrected chi connectivity index (χ4v) is 0.747. The maximum atomic E-state index is 9.67. The largest absolute Gasteiger partial charge is 0.513 e. The van der Waals surface area contributed by atoms with Crippen LogP contribution in [0.4, 0.5) is 0 Å². The molecule has 12 heavy (non-hydrogen) atoms. The number of aliphatic hydroxyl groups is 1. The first kappa shape index (κ1) is 10.7. The lowest BCUT2D eigenvalue weighted by Crippen LogP contribution is -2.01.